The largest absolute Gasteiger partial charge is 0.349 e. The van der Waals surface area contributed by atoms with Crippen LogP contribution in [-0.4, -0.2) is 42.0 Å². The summed E-state index contributed by atoms with van der Waals surface area (Å²) < 4.78 is 14.9. The lowest BCUT2D eigenvalue weighted by atomic mass is 10.3. The van der Waals surface area contributed by atoms with E-state index in [9.17, 15) is 9.18 Å². The van der Waals surface area contributed by atoms with E-state index in [0.29, 0.717) is 30.7 Å². The minimum absolute atomic E-state index is 0.217. The molecule has 0 aliphatic carbocycles. The minimum atomic E-state index is -0.303. The first-order valence-electron chi connectivity index (χ1n) is 8.63. The van der Waals surface area contributed by atoms with Crippen molar-refractivity contribution in [2.45, 2.75) is 26.7 Å². The lowest BCUT2D eigenvalue weighted by Gasteiger charge is -2.05. The van der Waals surface area contributed by atoms with Gasteiger partial charge in [0, 0.05) is 24.4 Å². The topological polar surface area (TPSA) is 101 Å². The van der Waals surface area contributed by atoms with Gasteiger partial charge in [0.1, 0.15) is 11.6 Å². The molecule has 1 amide bonds. The van der Waals surface area contributed by atoms with Gasteiger partial charge in [0.15, 0.2) is 0 Å². The molecule has 0 atom stereocenters. The molecule has 8 nitrogen and oxygen atoms in total. The predicted octanol–water partition coefficient (Wildman–Crippen LogP) is 2.12. The van der Waals surface area contributed by atoms with Gasteiger partial charge in [-0.15, -0.1) is 10.2 Å². The van der Waals surface area contributed by atoms with Gasteiger partial charge in [-0.3, -0.25) is 9.20 Å². The summed E-state index contributed by atoms with van der Waals surface area (Å²) in [6.07, 6.45) is 1.32. The molecule has 138 valence electrons. The molecule has 0 fully saturated rings. The van der Waals surface area contributed by atoms with E-state index in [-0.39, 0.29) is 17.5 Å². The molecule has 4 aromatic rings. The number of amides is 1. The SMILES string of the molecule is Cc1cc(C)n2c(C(=O)NCCCc3nc4ccc(F)cc4[nH]3)nnc2n1. The van der Waals surface area contributed by atoms with Crippen LogP contribution >= 0.6 is 0 Å². The molecule has 0 aliphatic rings. The van der Waals surface area contributed by atoms with Crippen molar-refractivity contribution in [1.82, 2.24) is 34.9 Å². The van der Waals surface area contributed by atoms with E-state index >= 15 is 0 Å². The van der Waals surface area contributed by atoms with Gasteiger partial charge in [-0.2, -0.15) is 0 Å². The number of rotatable bonds is 5. The zero-order valence-corrected chi connectivity index (χ0v) is 15.0. The van der Waals surface area contributed by atoms with Crippen LogP contribution in [0.15, 0.2) is 24.3 Å². The maximum Gasteiger partial charge on any atom is 0.289 e. The summed E-state index contributed by atoms with van der Waals surface area (Å²) >= 11 is 0. The predicted molar refractivity (Wildman–Crippen MR) is 97.0 cm³/mol. The molecular formula is C18H18FN7O. The molecule has 2 N–H and O–H groups in total. The highest BCUT2D eigenvalue weighted by Crippen LogP contribution is 2.13. The summed E-state index contributed by atoms with van der Waals surface area (Å²) in [6, 6.07) is 6.31. The van der Waals surface area contributed by atoms with E-state index in [4.69, 9.17) is 0 Å². The van der Waals surface area contributed by atoms with Crippen molar-refractivity contribution in [3.8, 4) is 0 Å². The van der Waals surface area contributed by atoms with Crippen LogP contribution in [0.4, 0.5) is 4.39 Å². The van der Waals surface area contributed by atoms with Crippen LogP contribution in [-0.2, 0) is 6.42 Å². The van der Waals surface area contributed by atoms with Crippen molar-refractivity contribution in [2.24, 2.45) is 0 Å². The number of hydrogen-bond donors (Lipinski definition) is 2. The van der Waals surface area contributed by atoms with Crippen LogP contribution in [0.2, 0.25) is 0 Å². The quantitative estimate of drug-likeness (QED) is 0.526. The Balaban J connectivity index is 1.38. The summed E-state index contributed by atoms with van der Waals surface area (Å²) in [5.74, 6) is 0.781. The van der Waals surface area contributed by atoms with Gasteiger partial charge in [-0.05, 0) is 44.5 Å². The second-order valence-electron chi connectivity index (χ2n) is 6.40. The number of fused-ring (bicyclic) bond motifs is 2. The van der Waals surface area contributed by atoms with Crippen molar-refractivity contribution in [3.05, 3.63) is 53.1 Å². The number of aromatic amines is 1. The van der Waals surface area contributed by atoms with Crippen LogP contribution in [0.25, 0.3) is 16.8 Å². The molecule has 3 heterocycles. The fourth-order valence-corrected chi connectivity index (χ4v) is 3.07. The Bertz CT molecular complexity index is 1150. The number of benzene rings is 1. The van der Waals surface area contributed by atoms with Crippen LogP contribution in [0.5, 0.6) is 0 Å². The van der Waals surface area contributed by atoms with Gasteiger partial charge in [0.25, 0.3) is 11.7 Å². The highest BCUT2D eigenvalue weighted by atomic mass is 19.1. The standard InChI is InChI=1S/C18H18FN7O/c1-10-8-11(2)26-16(24-25-18(26)21-10)17(27)20-7-3-4-15-22-13-6-5-12(19)9-14(13)23-15/h5-6,8-9H,3-4,7H2,1-2H3,(H,20,27)(H,22,23). The van der Waals surface area contributed by atoms with Crippen LogP contribution < -0.4 is 5.32 Å². The number of halogens is 1. The first kappa shape index (κ1) is 17.1. The molecule has 1 aromatic carbocycles. The number of nitrogens with one attached hydrogen (secondary N) is 2. The van der Waals surface area contributed by atoms with Crippen molar-refractivity contribution in [2.75, 3.05) is 6.54 Å². The Hall–Kier alpha value is -3.36. The van der Waals surface area contributed by atoms with Crippen LogP contribution in [0.3, 0.4) is 0 Å². The van der Waals surface area contributed by atoms with Gasteiger partial charge >= 0.3 is 0 Å². The van der Waals surface area contributed by atoms with E-state index in [2.05, 4.69) is 30.5 Å². The summed E-state index contributed by atoms with van der Waals surface area (Å²) in [6.45, 7) is 4.21. The summed E-state index contributed by atoms with van der Waals surface area (Å²) in [7, 11) is 0. The molecule has 4 rings (SSSR count). The number of carbonyl (C=O) groups excluding carboxylic acids is 1. The first-order chi connectivity index (χ1) is 13.0. The molecule has 0 aliphatic heterocycles. The van der Waals surface area contributed by atoms with Crippen molar-refractivity contribution in [3.63, 3.8) is 0 Å². The third-order valence-electron chi connectivity index (χ3n) is 4.26. The van der Waals surface area contributed by atoms with Gasteiger partial charge in [0.2, 0.25) is 5.82 Å². The second-order valence-corrected chi connectivity index (χ2v) is 6.40. The van der Waals surface area contributed by atoms with Crippen LogP contribution in [0.1, 0.15) is 34.3 Å². The van der Waals surface area contributed by atoms with E-state index in [0.717, 1.165) is 22.7 Å². The third-order valence-corrected chi connectivity index (χ3v) is 4.26. The fraction of sp³-hybridized carbons (Fsp3) is 0.278. The lowest BCUT2D eigenvalue weighted by Crippen LogP contribution is -2.27. The summed E-state index contributed by atoms with van der Waals surface area (Å²) in [4.78, 5) is 24.2. The molecule has 0 radical (unpaired) electrons. The maximum atomic E-state index is 13.2. The maximum absolute atomic E-state index is 13.2. The number of H-pyrrole nitrogens is 1. The number of imidazole rings is 1. The minimum Gasteiger partial charge on any atom is -0.349 e. The number of aromatic nitrogens is 6. The molecule has 27 heavy (non-hydrogen) atoms. The molecule has 3 aromatic heterocycles. The van der Waals surface area contributed by atoms with Crippen molar-refractivity contribution < 1.29 is 9.18 Å². The van der Waals surface area contributed by atoms with Gasteiger partial charge < -0.3 is 10.3 Å². The number of nitrogens with zero attached hydrogens (tertiary/aromatic N) is 5. The average Bonchev–Trinajstić information content (AvgIpc) is 3.21. The molecule has 0 saturated carbocycles. The van der Waals surface area contributed by atoms with E-state index in [1.807, 2.05) is 19.9 Å². The molecule has 0 spiro atoms. The Morgan fingerprint density at radius 1 is 1.22 bits per heavy atom. The zero-order chi connectivity index (χ0) is 19.0. The highest BCUT2D eigenvalue weighted by molar-refractivity contribution is 5.91. The van der Waals surface area contributed by atoms with Crippen molar-refractivity contribution >= 4 is 22.7 Å². The normalized spacial score (nSPS) is 11.4. The number of hydrogen-bond acceptors (Lipinski definition) is 5. The third kappa shape index (κ3) is 3.35. The Morgan fingerprint density at radius 3 is 2.93 bits per heavy atom. The molecular weight excluding hydrogens is 349 g/mol. The highest BCUT2D eigenvalue weighted by Gasteiger charge is 2.16. The number of aryl methyl sites for hydroxylation is 3. The number of carbonyl (C=O) groups is 1. The monoisotopic (exact) mass is 367 g/mol. The van der Waals surface area contributed by atoms with E-state index in [1.165, 1.54) is 12.1 Å². The van der Waals surface area contributed by atoms with Gasteiger partial charge in [0.05, 0.1) is 11.0 Å². The fourth-order valence-electron chi connectivity index (χ4n) is 3.07. The van der Waals surface area contributed by atoms with E-state index < -0.39 is 0 Å². The molecule has 0 unspecified atom stereocenters. The summed E-state index contributed by atoms with van der Waals surface area (Å²) in [5, 5.41) is 10.8. The smallest absolute Gasteiger partial charge is 0.289 e. The second kappa shape index (κ2) is 6.75. The molecule has 0 saturated heterocycles. The molecule has 0 bridgehead atoms. The lowest BCUT2D eigenvalue weighted by molar-refractivity contribution is 0.0941. The first-order valence-corrected chi connectivity index (χ1v) is 8.63. The Morgan fingerprint density at radius 2 is 2.07 bits per heavy atom. The summed E-state index contributed by atoms with van der Waals surface area (Å²) in [5.41, 5.74) is 3.07. The average molecular weight is 367 g/mol. The molecule has 9 heteroatoms. The Labute approximate surface area is 153 Å². The van der Waals surface area contributed by atoms with Crippen LogP contribution in [0, 0.1) is 19.7 Å². The Kier molecular flexibility index (Phi) is 4.27. The van der Waals surface area contributed by atoms with Gasteiger partial charge in [-0.25, -0.2) is 14.4 Å². The zero-order valence-electron chi connectivity index (χ0n) is 15.0. The van der Waals surface area contributed by atoms with Gasteiger partial charge in [-0.1, -0.05) is 0 Å². The van der Waals surface area contributed by atoms with E-state index in [1.54, 1.807) is 10.5 Å². The van der Waals surface area contributed by atoms with Crippen molar-refractivity contribution in [1.29, 1.82) is 0 Å².